The first-order chi connectivity index (χ1) is 9.69. The van der Waals surface area contributed by atoms with E-state index in [0.29, 0.717) is 25.0 Å². The van der Waals surface area contributed by atoms with Gasteiger partial charge in [-0.25, -0.2) is 0 Å². The molecule has 1 fully saturated rings. The number of rotatable bonds is 6. The molecule has 0 aliphatic heterocycles. The maximum Gasteiger partial charge on any atom is 0.0459 e. The molecule has 0 aromatic carbocycles. The predicted octanol–water partition coefficient (Wildman–Crippen LogP) is 4.19. The van der Waals surface area contributed by atoms with Crippen LogP contribution < -0.4 is 0 Å². The molecular formula is C16H38O2P2. The Balaban J connectivity index is 0. The van der Waals surface area contributed by atoms with Crippen LogP contribution >= 0.6 is 17.2 Å². The summed E-state index contributed by atoms with van der Waals surface area (Å²) in [4.78, 5) is 0. The summed E-state index contributed by atoms with van der Waals surface area (Å²) in [6.45, 7) is 9.56. The van der Waals surface area contributed by atoms with Crippen LogP contribution in [0.25, 0.3) is 0 Å². The molecule has 0 radical (unpaired) electrons. The second-order valence-corrected chi connectivity index (χ2v) is 8.99. The fourth-order valence-electron chi connectivity index (χ4n) is 2.10. The molecule has 0 unspecified atom stereocenters. The van der Waals surface area contributed by atoms with Gasteiger partial charge in [0.15, 0.2) is 0 Å². The van der Waals surface area contributed by atoms with Gasteiger partial charge in [-0.15, -0.1) is 17.2 Å². The van der Waals surface area contributed by atoms with E-state index < -0.39 is 0 Å². The van der Waals surface area contributed by atoms with Gasteiger partial charge in [-0.3, -0.25) is 0 Å². The summed E-state index contributed by atoms with van der Waals surface area (Å²) in [7, 11) is 2.40. The Morgan fingerprint density at radius 2 is 0.900 bits per heavy atom. The molecule has 0 atom stereocenters. The van der Waals surface area contributed by atoms with Crippen molar-refractivity contribution in [3.8, 4) is 0 Å². The topological polar surface area (TPSA) is 40.5 Å². The van der Waals surface area contributed by atoms with Gasteiger partial charge in [0.1, 0.15) is 0 Å². The van der Waals surface area contributed by atoms with Crippen LogP contribution in [0.3, 0.4) is 0 Å². The molecule has 20 heavy (non-hydrogen) atoms. The third-order valence-corrected chi connectivity index (χ3v) is 5.48. The summed E-state index contributed by atoms with van der Waals surface area (Å²) >= 11 is 0. The summed E-state index contributed by atoms with van der Waals surface area (Å²) in [5, 5.41) is 17.6. The molecule has 1 saturated carbocycles. The normalized spacial score (nSPS) is 21.3. The Morgan fingerprint density at radius 3 is 1.00 bits per heavy atom. The molecule has 4 heteroatoms. The van der Waals surface area contributed by atoms with E-state index in [9.17, 15) is 0 Å². The molecular weight excluding hydrogens is 286 g/mol. The van der Waals surface area contributed by atoms with Gasteiger partial charge in [0.2, 0.25) is 0 Å². The molecule has 0 spiro atoms. The molecule has 2 N–H and O–H groups in total. The standard InChI is InChI=1S/C8H16O2.2C4H11P/c9-5-7-1-2-8(6-10)4-3-7;2*1-3-5-4-2/h7-10H,1-6H2;2*5H,3-4H2,1-2H3. The third-order valence-electron chi connectivity index (χ3n) is 3.48. The van der Waals surface area contributed by atoms with Crippen molar-refractivity contribution in [3.05, 3.63) is 0 Å². The van der Waals surface area contributed by atoms with Gasteiger partial charge in [-0.2, -0.15) is 0 Å². The van der Waals surface area contributed by atoms with Crippen LogP contribution in [0, 0.1) is 11.8 Å². The summed E-state index contributed by atoms with van der Waals surface area (Å²) in [5.74, 6) is 1.03. The molecule has 0 heterocycles. The molecule has 0 aromatic heterocycles. The lowest BCUT2D eigenvalue weighted by molar-refractivity contribution is 0.131. The monoisotopic (exact) mass is 324 g/mol. The van der Waals surface area contributed by atoms with Crippen molar-refractivity contribution in [3.63, 3.8) is 0 Å². The number of aliphatic hydroxyl groups excluding tert-OH is 2. The average Bonchev–Trinajstić information content (AvgIpc) is 2.50. The maximum atomic E-state index is 8.79. The van der Waals surface area contributed by atoms with Gasteiger partial charge in [-0.05, 0) is 62.2 Å². The lowest BCUT2D eigenvalue weighted by atomic mass is 9.83. The Morgan fingerprint density at radius 1 is 0.650 bits per heavy atom. The van der Waals surface area contributed by atoms with Crippen molar-refractivity contribution in [2.45, 2.75) is 53.4 Å². The first-order valence-electron chi connectivity index (χ1n) is 8.32. The minimum absolute atomic E-state index is 0.331. The summed E-state index contributed by atoms with van der Waals surface area (Å²) in [5.41, 5.74) is 0. The Kier molecular flexibility index (Phi) is 22.8. The molecule has 1 aliphatic rings. The molecule has 124 valence electrons. The van der Waals surface area contributed by atoms with Crippen molar-refractivity contribution in [1.82, 2.24) is 0 Å². The van der Waals surface area contributed by atoms with E-state index in [4.69, 9.17) is 10.2 Å². The van der Waals surface area contributed by atoms with Gasteiger partial charge in [0.25, 0.3) is 0 Å². The first-order valence-corrected chi connectivity index (χ1v) is 11.2. The molecule has 0 amide bonds. The Hall–Kier alpha value is 0.780. The fourth-order valence-corrected chi connectivity index (χ4v) is 3.10. The van der Waals surface area contributed by atoms with Gasteiger partial charge >= 0.3 is 0 Å². The SMILES string of the molecule is CCPCC.CCPCC.OCC1CCC(CO)CC1. The molecule has 0 bridgehead atoms. The lowest BCUT2D eigenvalue weighted by Crippen LogP contribution is -2.19. The smallest absolute Gasteiger partial charge is 0.0459 e. The molecule has 2 nitrogen and oxygen atoms in total. The predicted molar refractivity (Wildman–Crippen MR) is 98.4 cm³/mol. The highest BCUT2D eigenvalue weighted by molar-refractivity contribution is 7.38. The maximum absolute atomic E-state index is 8.79. The van der Waals surface area contributed by atoms with Gasteiger partial charge in [0, 0.05) is 13.2 Å². The molecule has 0 saturated heterocycles. The quantitative estimate of drug-likeness (QED) is 0.719. The fraction of sp³-hybridized carbons (Fsp3) is 1.00. The van der Waals surface area contributed by atoms with E-state index in [1.807, 2.05) is 0 Å². The molecule has 0 aromatic rings. The van der Waals surface area contributed by atoms with E-state index in [2.05, 4.69) is 27.7 Å². The third kappa shape index (κ3) is 16.8. The van der Waals surface area contributed by atoms with Crippen molar-refractivity contribution in [2.75, 3.05) is 37.9 Å². The average molecular weight is 324 g/mol. The highest BCUT2D eigenvalue weighted by Crippen LogP contribution is 2.27. The van der Waals surface area contributed by atoms with Gasteiger partial charge in [-0.1, -0.05) is 27.7 Å². The number of aliphatic hydroxyl groups is 2. The second kappa shape index (κ2) is 19.8. The van der Waals surface area contributed by atoms with Gasteiger partial charge in [0.05, 0.1) is 0 Å². The zero-order valence-corrected chi connectivity index (χ0v) is 16.1. The number of hydrogen-bond acceptors (Lipinski definition) is 2. The minimum atomic E-state index is 0.331. The lowest BCUT2D eigenvalue weighted by Gasteiger charge is -2.25. The van der Waals surface area contributed by atoms with Crippen LogP contribution in [0.4, 0.5) is 0 Å². The van der Waals surface area contributed by atoms with Crippen molar-refractivity contribution >= 4 is 17.2 Å². The highest BCUT2D eigenvalue weighted by atomic mass is 31.1. The van der Waals surface area contributed by atoms with E-state index in [1.54, 1.807) is 0 Å². The van der Waals surface area contributed by atoms with E-state index in [0.717, 1.165) is 25.7 Å². The minimum Gasteiger partial charge on any atom is -0.396 e. The summed E-state index contributed by atoms with van der Waals surface area (Å²) in [6.07, 6.45) is 9.88. The van der Waals surface area contributed by atoms with Crippen LogP contribution in [0.15, 0.2) is 0 Å². The first kappa shape index (κ1) is 23.1. The highest BCUT2D eigenvalue weighted by Gasteiger charge is 2.19. The van der Waals surface area contributed by atoms with Crippen molar-refractivity contribution < 1.29 is 10.2 Å². The van der Waals surface area contributed by atoms with E-state index >= 15 is 0 Å². The number of hydrogen-bond donors (Lipinski definition) is 2. The van der Waals surface area contributed by atoms with Crippen LogP contribution in [0.1, 0.15) is 53.4 Å². The van der Waals surface area contributed by atoms with Crippen molar-refractivity contribution in [1.29, 1.82) is 0 Å². The van der Waals surface area contributed by atoms with Crippen LogP contribution in [-0.2, 0) is 0 Å². The van der Waals surface area contributed by atoms with Crippen LogP contribution in [0.2, 0.25) is 0 Å². The van der Waals surface area contributed by atoms with Gasteiger partial charge < -0.3 is 10.2 Å². The zero-order valence-electron chi connectivity index (χ0n) is 14.1. The second-order valence-electron chi connectivity index (χ2n) is 5.17. The zero-order chi connectivity index (χ0) is 15.6. The van der Waals surface area contributed by atoms with Crippen LogP contribution in [0.5, 0.6) is 0 Å². The van der Waals surface area contributed by atoms with E-state index in [-0.39, 0.29) is 0 Å². The van der Waals surface area contributed by atoms with Crippen LogP contribution in [-0.4, -0.2) is 48.1 Å². The largest absolute Gasteiger partial charge is 0.396 e. The summed E-state index contributed by atoms with van der Waals surface area (Å²) < 4.78 is 0. The Bertz CT molecular complexity index is 139. The molecule has 1 aliphatic carbocycles. The Labute approximate surface area is 131 Å². The van der Waals surface area contributed by atoms with E-state index in [1.165, 1.54) is 41.8 Å². The molecule has 1 rings (SSSR count). The van der Waals surface area contributed by atoms with Crippen molar-refractivity contribution in [2.24, 2.45) is 11.8 Å². The summed E-state index contributed by atoms with van der Waals surface area (Å²) in [6, 6.07) is 0.